The highest BCUT2D eigenvalue weighted by atomic mass is 79.9. The summed E-state index contributed by atoms with van der Waals surface area (Å²) in [4.78, 5) is 0.553. The highest BCUT2D eigenvalue weighted by molar-refractivity contribution is 9.09. The number of hydrogen-bond acceptors (Lipinski definition) is 1. The fourth-order valence-electron chi connectivity index (χ4n) is 0.321. The van der Waals surface area contributed by atoms with Crippen molar-refractivity contribution >= 4 is 15.9 Å². The minimum atomic E-state index is 0.519. The van der Waals surface area contributed by atoms with E-state index in [2.05, 4.69) is 22.9 Å². The lowest BCUT2D eigenvalue weighted by Gasteiger charge is -1.88. The van der Waals surface area contributed by atoms with E-state index in [9.17, 15) is 0 Å². The first-order chi connectivity index (χ1) is 2.80. The molecule has 0 radical (unpaired) electrons. The molecule has 0 aromatic heterocycles. The first kappa shape index (κ1) is 4.60. The molecule has 0 amide bonds. The molecule has 0 aromatic rings. The Bertz CT molecular complexity index is 49.5. The molecule has 0 bridgehead atoms. The predicted octanol–water partition coefficient (Wildman–Crippen LogP) is 1.17. The predicted molar refractivity (Wildman–Crippen MR) is 28.1 cm³/mol. The molecule has 1 fully saturated rings. The van der Waals surface area contributed by atoms with E-state index in [0.29, 0.717) is 10.9 Å². The van der Waals surface area contributed by atoms with E-state index >= 15 is 0 Å². The average molecular weight is 151 g/mol. The van der Waals surface area contributed by atoms with Crippen molar-refractivity contribution in [2.24, 2.45) is 0 Å². The first-order valence-electron chi connectivity index (χ1n) is 2.06. The van der Waals surface area contributed by atoms with E-state index in [-0.39, 0.29) is 0 Å². The maximum Gasteiger partial charge on any atom is 0.0931 e. The lowest BCUT2D eigenvalue weighted by Crippen LogP contribution is -1.97. The lowest BCUT2D eigenvalue weighted by molar-refractivity contribution is 0.409. The monoisotopic (exact) mass is 150 g/mol. The van der Waals surface area contributed by atoms with Gasteiger partial charge in [0.25, 0.3) is 0 Å². The van der Waals surface area contributed by atoms with Crippen molar-refractivity contribution in [3.05, 3.63) is 0 Å². The van der Waals surface area contributed by atoms with Gasteiger partial charge < -0.3 is 4.74 Å². The molecule has 1 aliphatic rings. The zero-order chi connectivity index (χ0) is 4.57. The zero-order valence-corrected chi connectivity index (χ0v) is 5.23. The quantitative estimate of drug-likeness (QED) is 0.404. The lowest BCUT2D eigenvalue weighted by atomic mass is 10.4. The van der Waals surface area contributed by atoms with Crippen LogP contribution < -0.4 is 0 Å². The van der Waals surface area contributed by atoms with E-state index in [1.165, 1.54) is 0 Å². The summed E-state index contributed by atoms with van der Waals surface area (Å²) >= 11 is 3.38. The Hall–Kier alpha value is 0.440. The summed E-state index contributed by atoms with van der Waals surface area (Å²) in [5.74, 6) is 0. The van der Waals surface area contributed by atoms with Crippen LogP contribution in [0.4, 0.5) is 0 Å². The summed E-state index contributed by atoms with van der Waals surface area (Å²) in [5.41, 5.74) is 0. The summed E-state index contributed by atoms with van der Waals surface area (Å²) < 4.78 is 4.92. The third kappa shape index (κ3) is 0.949. The Morgan fingerprint density at radius 3 is 2.50 bits per heavy atom. The number of ether oxygens (including phenoxy) is 1. The average Bonchev–Trinajstić information content (AvgIpc) is 2.06. The van der Waals surface area contributed by atoms with Gasteiger partial charge in [-0.2, -0.15) is 0 Å². The molecular weight excluding hydrogens is 144 g/mol. The van der Waals surface area contributed by atoms with Gasteiger partial charge in [-0.05, 0) is 0 Å². The van der Waals surface area contributed by atoms with Gasteiger partial charge in [0.05, 0.1) is 12.7 Å². The molecule has 36 valence electrons. The molecule has 1 rings (SSSR count). The Labute approximate surface area is 45.8 Å². The van der Waals surface area contributed by atoms with Crippen LogP contribution in [0.15, 0.2) is 0 Å². The van der Waals surface area contributed by atoms with Gasteiger partial charge in [0, 0.05) is 4.83 Å². The van der Waals surface area contributed by atoms with Gasteiger partial charge >= 0.3 is 0 Å². The number of halogens is 1. The largest absolute Gasteiger partial charge is 0.372 e. The molecule has 0 saturated carbocycles. The van der Waals surface area contributed by atoms with E-state index in [4.69, 9.17) is 4.74 Å². The van der Waals surface area contributed by atoms with Gasteiger partial charge in [-0.15, -0.1) is 0 Å². The number of hydrogen-bond donors (Lipinski definition) is 0. The molecule has 0 aliphatic carbocycles. The zero-order valence-electron chi connectivity index (χ0n) is 3.65. The fraction of sp³-hybridized carbons (Fsp3) is 1.00. The molecular formula is C4H7BrO. The smallest absolute Gasteiger partial charge is 0.0931 e. The van der Waals surface area contributed by atoms with Crippen molar-refractivity contribution in [2.45, 2.75) is 17.9 Å². The van der Waals surface area contributed by atoms with Crippen molar-refractivity contribution in [1.29, 1.82) is 0 Å². The van der Waals surface area contributed by atoms with Crippen LogP contribution >= 0.6 is 15.9 Å². The molecule has 1 saturated heterocycles. The standard InChI is InChI=1S/C4H7BrO/c1-3(5)4-2-6-4/h3-4H,2H2,1H3/t3-,4?/m1/s1. The molecule has 0 aromatic carbocycles. The molecule has 0 spiro atoms. The Kier molecular flexibility index (Phi) is 1.15. The van der Waals surface area contributed by atoms with Gasteiger partial charge in [0.15, 0.2) is 0 Å². The summed E-state index contributed by atoms with van der Waals surface area (Å²) in [7, 11) is 0. The Morgan fingerprint density at radius 1 is 2.00 bits per heavy atom. The molecule has 1 heterocycles. The van der Waals surface area contributed by atoms with Crippen LogP contribution in [-0.4, -0.2) is 17.5 Å². The van der Waals surface area contributed by atoms with Crippen LogP contribution in [-0.2, 0) is 4.74 Å². The van der Waals surface area contributed by atoms with Gasteiger partial charge in [-0.25, -0.2) is 0 Å². The maximum atomic E-state index is 4.92. The molecule has 0 N–H and O–H groups in total. The van der Waals surface area contributed by atoms with Crippen molar-refractivity contribution < 1.29 is 4.74 Å². The van der Waals surface area contributed by atoms with Crippen LogP contribution in [0.2, 0.25) is 0 Å². The van der Waals surface area contributed by atoms with Crippen LogP contribution in [0.25, 0.3) is 0 Å². The highest BCUT2D eigenvalue weighted by Crippen LogP contribution is 2.19. The van der Waals surface area contributed by atoms with E-state index in [0.717, 1.165) is 6.61 Å². The Balaban J connectivity index is 2.13. The molecule has 6 heavy (non-hydrogen) atoms. The summed E-state index contributed by atoms with van der Waals surface area (Å²) in [6.07, 6.45) is 0.519. The SMILES string of the molecule is C[C@@H](Br)C1CO1. The van der Waals surface area contributed by atoms with Gasteiger partial charge in [-0.1, -0.05) is 22.9 Å². The van der Waals surface area contributed by atoms with Gasteiger partial charge in [0.1, 0.15) is 0 Å². The normalized spacial score (nSPS) is 36.0. The number of epoxide rings is 1. The second-order valence-corrected chi connectivity index (χ2v) is 2.99. The highest BCUT2D eigenvalue weighted by Gasteiger charge is 2.26. The molecule has 2 atom stereocenters. The number of alkyl halides is 1. The van der Waals surface area contributed by atoms with E-state index < -0.39 is 0 Å². The first-order valence-corrected chi connectivity index (χ1v) is 2.98. The molecule has 1 nitrogen and oxygen atoms in total. The van der Waals surface area contributed by atoms with Crippen LogP contribution in [0, 0.1) is 0 Å². The van der Waals surface area contributed by atoms with Crippen molar-refractivity contribution in [2.75, 3.05) is 6.61 Å². The van der Waals surface area contributed by atoms with Crippen LogP contribution in [0.3, 0.4) is 0 Å². The van der Waals surface area contributed by atoms with E-state index in [1.54, 1.807) is 0 Å². The van der Waals surface area contributed by atoms with Gasteiger partial charge in [-0.3, -0.25) is 0 Å². The minimum Gasteiger partial charge on any atom is -0.372 e. The third-order valence-electron chi connectivity index (χ3n) is 0.871. The van der Waals surface area contributed by atoms with Crippen molar-refractivity contribution in [1.82, 2.24) is 0 Å². The number of rotatable bonds is 1. The van der Waals surface area contributed by atoms with Crippen LogP contribution in [0.1, 0.15) is 6.92 Å². The molecule has 1 unspecified atom stereocenters. The van der Waals surface area contributed by atoms with E-state index in [1.807, 2.05) is 0 Å². The Morgan fingerprint density at radius 2 is 2.50 bits per heavy atom. The summed E-state index contributed by atoms with van der Waals surface area (Å²) in [6.45, 7) is 3.05. The topological polar surface area (TPSA) is 12.5 Å². The summed E-state index contributed by atoms with van der Waals surface area (Å²) in [6, 6.07) is 0. The molecule has 2 heteroatoms. The van der Waals surface area contributed by atoms with Crippen molar-refractivity contribution in [3.8, 4) is 0 Å². The molecule has 1 aliphatic heterocycles. The second-order valence-electron chi connectivity index (χ2n) is 1.55. The van der Waals surface area contributed by atoms with Gasteiger partial charge in [0.2, 0.25) is 0 Å². The summed E-state index contributed by atoms with van der Waals surface area (Å²) in [5, 5.41) is 0. The van der Waals surface area contributed by atoms with Crippen LogP contribution in [0.5, 0.6) is 0 Å². The third-order valence-corrected chi connectivity index (χ3v) is 1.46. The second kappa shape index (κ2) is 1.51. The van der Waals surface area contributed by atoms with Crippen molar-refractivity contribution in [3.63, 3.8) is 0 Å². The maximum absolute atomic E-state index is 4.92. The minimum absolute atomic E-state index is 0.519. The fourth-order valence-corrected chi connectivity index (χ4v) is 0.626.